The summed E-state index contributed by atoms with van der Waals surface area (Å²) in [7, 11) is 2.24. The highest BCUT2D eigenvalue weighted by molar-refractivity contribution is 5.07. The van der Waals surface area contributed by atoms with Gasteiger partial charge in [-0.1, -0.05) is 5.16 Å². The number of fused-ring (bicyclic) bond motifs is 2. The Hall–Kier alpha value is -0.980. The van der Waals surface area contributed by atoms with Crippen LogP contribution in [0.5, 0.6) is 0 Å². The number of hydrogen-bond donors (Lipinski definition) is 2. The summed E-state index contributed by atoms with van der Waals surface area (Å²) in [6, 6.07) is 1.40. The molecule has 0 aliphatic carbocycles. The van der Waals surface area contributed by atoms with Crippen molar-refractivity contribution in [1.82, 2.24) is 20.4 Å². The molecule has 4 heterocycles. The van der Waals surface area contributed by atoms with Gasteiger partial charge in [-0.25, -0.2) is 0 Å². The van der Waals surface area contributed by atoms with E-state index in [1.807, 2.05) is 0 Å². The molecule has 4 rings (SSSR count). The van der Waals surface area contributed by atoms with Crippen molar-refractivity contribution in [3.8, 4) is 0 Å². The zero-order chi connectivity index (χ0) is 13.7. The molecule has 2 bridgehead atoms. The smallest absolute Gasteiger partial charge is 0.243 e. The van der Waals surface area contributed by atoms with Crippen molar-refractivity contribution in [3.05, 3.63) is 11.7 Å². The molecule has 0 radical (unpaired) electrons. The van der Waals surface area contributed by atoms with E-state index >= 15 is 0 Å². The highest BCUT2D eigenvalue weighted by atomic mass is 16.5. The molecule has 0 saturated carbocycles. The van der Waals surface area contributed by atoms with Crippen LogP contribution in [0.4, 0.5) is 0 Å². The number of hydrogen-bond acceptors (Lipinski definition) is 6. The number of nitrogens with zero attached hydrogens (tertiary/aromatic N) is 3. The third-order valence-corrected chi connectivity index (χ3v) is 5.33. The third kappa shape index (κ3) is 2.06. The average molecular weight is 278 g/mol. The van der Waals surface area contributed by atoms with Crippen LogP contribution < -0.4 is 5.32 Å². The van der Waals surface area contributed by atoms with Crippen LogP contribution >= 0.6 is 0 Å². The Kier molecular flexibility index (Phi) is 3.05. The molecule has 3 aliphatic heterocycles. The van der Waals surface area contributed by atoms with Crippen molar-refractivity contribution in [2.75, 3.05) is 13.6 Å². The van der Waals surface area contributed by atoms with Crippen molar-refractivity contribution in [2.45, 2.75) is 62.3 Å². The fourth-order valence-corrected chi connectivity index (χ4v) is 4.08. The molecule has 1 aromatic heterocycles. The molecule has 2 N–H and O–H groups in total. The maximum Gasteiger partial charge on any atom is 0.243 e. The minimum absolute atomic E-state index is 0.0224. The highest BCUT2D eigenvalue weighted by Crippen LogP contribution is 2.41. The van der Waals surface area contributed by atoms with Crippen LogP contribution in [0.15, 0.2) is 4.52 Å². The highest BCUT2D eigenvalue weighted by Gasteiger charge is 2.40. The summed E-state index contributed by atoms with van der Waals surface area (Å²) in [5, 5.41) is 17.0. The van der Waals surface area contributed by atoms with Crippen LogP contribution in [0.25, 0.3) is 0 Å². The van der Waals surface area contributed by atoms with Gasteiger partial charge in [-0.05, 0) is 39.2 Å². The second-order valence-electron chi connectivity index (χ2n) is 6.56. The van der Waals surface area contributed by atoms with Gasteiger partial charge < -0.3 is 19.8 Å². The van der Waals surface area contributed by atoms with Crippen LogP contribution in [0.2, 0.25) is 0 Å². The van der Waals surface area contributed by atoms with Crippen molar-refractivity contribution in [2.24, 2.45) is 0 Å². The lowest BCUT2D eigenvalue weighted by atomic mass is 9.90. The van der Waals surface area contributed by atoms with E-state index in [-0.39, 0.29) is 12.1 Å². The molecule has 4 atom stereocenters. The van der Waals surface area contributed by atoms with Crippen LogP contribution in [-0.2, 0) is 0 Å². The molecule has 3 saturated heterocycles. The number of aliphatic hydroxyl groups is 1. The molecule has 2 unspecified atom stereocenters. The van der Waals surface area contributed by atoms with Crippen LogP contribution in [0, 0.1) is 0 Å². The van der Waals surface area contributed by atoms with Gasteiger partial charge in [0.25, 0.3) is 0 Å². The second-order valence-corrected chi connectivity index (χ2v) is 6.56. The van der Waals surface area contributed by atoms with Crippen molar-refractivity contribution in [1.29, 1.82) is 0 Å². The van der Waals surface area contributed by atoms with E-state index in [0.29, 0.717) is 36.9 Å². The first-order valence-electron chi connectivity index (χ1n) is 7.67. The van der Waals surface area contributed by atoms with Gasteiger partial charge in [-0.15, -0.1) is 0 Å². The zero-order valence-electron chi connectivity index (χ0n) is 11.8. The number of β-amino-alcohol motifs (C(OH)–C–C–N with tert-alkyl or cyclic N) is 1. The van der Waals surface area contributed by atoms with Crippen molar-refractivity contribution >= 4 is 0 Å². The maximum absolute atomic E-state index is 9.57. The Balaban J connectivity index is 1.48. The topological polar surface area (TPSA) is 74.4 Å². The number of aromatic nitrogens is 2. The van der Waals surface area contributed by atoms with E-state index in [2.05, 4.69) is 27.4 Å². The molecule has 20 heavy (non-hydrogen) atoms. The summed E-state index contributed by atoms with van der Waals surface area (Å²) in [6.07, 6.45) is 5.27. The third-order valence-electron chi connectivity index (χ3n) is 5.33. The van der Waals surface area contributed by atoms with Gasteiger partial charge in [-0.3, -0.25) is 0 Å². The van der Waals surface area contributed by atoms with E-state index in [9.17, 15) is 5.11 Å². The van der Waals surface area contributed by atoms with Gasteiger partial charge >= 0.3 is 0 Å². The largest absolute Gasteiger partial charge is 0.392 e. The average Bonchev–Trinajstić information content (AvgIpc) is 3.10. The molecule has 110 valence electrons. The molecule has 0 amide bonds. The number of aliphatic hydroxyl groups excluding tert-OH is 1. The van der Waals surface area contributed by atoms with Crippen LogP contribution in [0.3, 0.4) is 0 Å². The lowest BCUT2D eigenvalue weighted by molar-refractivity contribution is 0.157. The Morgan fingerprint density at radius 3 is 2.65 bits per heavy atom. The summed E-state index contributed by atoms with van der Waals surface area (Å²) in [5.74, 6) is 1.95. The minimum Gasteiger partial charge on any atom is -0.392 e. The second kappa shape index (κ2) is 4.79. The first-order chi connectivity index (χ1) is 9.70. The Labute approximate surface area is 118 Å². The standard InChI is InChI=1S/C14H22N4O2/c1-18-9-2-3-10(18)5-8(4-9)13-16-14(20-17-13)12-6-11(19)7-15-12/h8-12,15,19H,2-7H2,1H3/t8?,9?,10?,11-,12-/m1/s1. The predicted octanol–water partition coefficient (Wildman–Crippen LogP) is 0.805. The lowest BCUT2D eigenvalue weighted by Crippen LogP contribution is -2.39. The molecule has 6 nitrogen and oxygen atoms in total. The Morgan fingerprint density at radius 1 is 1.25 bits per heavy atom. The molecule has 3 aliphatic rings. The quantitative estimate of drug-likeness (QED) is 0.834. The van der Waals surface area contributed by atoms with E-state index < -0.39 is 0 Å². The molecular weight excluding hydrogens is 256 g/mol. The Bertz CT molecular complexity index is 477. The van der Waals surface area contributed by atoms with Gasteiger partial charge in [0.15, 0.2) is 5.82 Å². The molecular formula is C14H22N4O2. The first kappa shape index (κ1) is 12.7. The van der Waals surface area contributed by atoms with Crippen LogP contribution in [-0.4, -0.2) is 51.9 Å². The van der Waals surface area contributed by atoms with E-state index in [1.54, 1.807) is 0 Å². The normalized spacial score (nSPS) is 41.4. The number of rotatable bonds is 2. The predicted molar refractivity (Wildman–Crippen MR) is 72.2 cm³/mol. The fourth-order valence-electron chi connectivity index (χ4n) is 4.08. The van der Waals surface area contributed by atoms with Crippen LogP contribution in [0.1, 0.15) is 55.8 Å². The van der Waals surface area contributed by atoms with Gasteiger partial charge in [-0.2, -0.15) is 4.98 Å². The molecule has 1 aromatic rings. The van der Waals surface area contributed by atoms with Gasteiger partial charge in [0.2, 0.25) is 5.89 Å². The number of piperidine rings is 1. The van der Waals surface area contributed by atoms with Gasteiger partial charge in [0, 0.05) is 24.5 Å². The summed E-state index contributed by atoms with van der Waals surface area (Å²) in [5.41, 5.74) is 0. The zero-order valence-corrected chi connectivity index (χ0v) is 11.8. The Morgan fingerprint density at radius 2 is 2.00 bits per heavy atom. The summed E-state index contributed by atoms with van der Waals surface area (Å²) in [6.45, 7) is 0.612. The van der Waals surface area contributed by atoms with E-state index in [4.69, 9.17) is 4.52 Å². The first-order valence-corrected chi connectivity index (χ1v) is 7.67. The molecule has 6 heteroatoms. The SMILES string of the molecule is CN1C2CCC1CC(c1noc([C@H]3C[C@@H](O)CN3)n1)C2. The summed E-state index contributed by atoms with van der Waals surface area (Å²) in [4.78, 5) is 7.12. The monoisotopic (exact) mass is 278 g/mol. The minimum atomic E-state index is -0.297. The molecule has 0 spiro atoms. The maximum atomic E-state index is 9.57. The van der Waals surface area contributed by atoms with Gasteiger partial charge in [0.05, 0.1) is 12.1 Å². The molecule has 0 aromatic carbocycles. The fraction of sp³-hybridized carbons (Fsp3) is 0.857. The molecule has 3 fully saturated rings. The van der Waals surface area contributed by atoms with E-state index in [0.717, 1.165) is 18.7 Å². The number of nitrogens with one attached hydrogen (secondary N) is 1. The van der Waals surface area contributed by atoms with Crippen molar-refractivity contribution < 1.29 is 9.63 Å². The van der Waals surface area contributed by atoms with E-state index in [1.165, 1.54) is 12.8 Å². The summed E-state index contributed by atoms with van der Waals surface area (Å²) >= 11 is 0. The van der Waals surface area contributed by atoms with Crippen molar-refractivity contribution in [3.63, 3.8) is 0 Å². The summed E-state index contributed by atoms with van der Waals surface area (Å²) < 4.78 is 5.42. The van der Waals surface area contributed by atoms with Gasteiger partial charge in [0.1, 0.15) is 0 Å². The lowest BCUT2D eigenvalue weighted by Gasteiger charge is -2.34.